The number of hydrogen-bond acceptors (Lipinski definition) is 3. The Labute approximate surface area is 145 Å². The number of carbonyl (C=O) groups is 1. The van der Waals surface area contributed by atoms with E-state index in [0.717, 1.165) is 50.0 Å². The van der Waals surface area contributed by atoms with Gasteiger partial charge in [0.15, 0.2) is 0 Å². The molecular weight excluding hydrogens is 300 g/mol. The number of aliphatic hydroxyl groups excluding tert-OH is 1. The number of ketones is 1. The molecule has 1 aliphatic heterocycles. The van der Waals surface area contributed by atoms with Crippen LogP contribution in [0.3, 0.4) is 0 Å². The molecule has 2 fully saturated rings. The summed E-state index contributed by atoms with van der Waals surface area (Å²) in [6.45, 7) is 7.94. The monoisotopic (exact) mass is 330 g/mol. The minimum Gasteiger partial charge on any atom is -0.392 e. The first-order valence-electron chi connectivity index (χ1n) is 9.39. The smallest absolute Gasteiger partial charge is 0.143 e. The second kappa shape index (κ2) is 7.37. The van der Waals surface area contributed by atoms with Gasteiger partial charge in [-0.3, -0.25) is 4.79 Å². The molecule has 3 nitrogen and oxygen atoms in total. The summed E-state index contributed by atoms with van der Waals surface area (Å²) in [5.74, 6) is 0.595. The number of benzene rings is 1. The van der Waals surface area contributed by atoms with E-state index in [0.29, 0.717) is 12.3 Å². The summed E-state index contributed by atoms with van der Waals surface area (Å²) < 4.78 is 5.43. The molecule has 0 bridgehead atoms. The molecule has 2 aliphatic rings. The van der Waals surface area contributed by atoms with E-state index in [1.807, 2.05) is 0 Å². The van der Waals surface area contributed by atoms with Gasteiger partial charge in [0.25, 0.3) is 0 Å². The lowest BCUT2D eigenvalue weighted by atomic mass is 9.82. The third kappa shape index (κ3) is 3.43. The second-order valence-corrected chi connectivity index (χ2v) is 7.70. The predicted molar refractivity (Wildman–Crippen MR) is 95.3 cm³/mol. The molecule has 0 spiro atoms. The van der Waals surface area contributed by atoms with Crippen LogP contribution in [0.25, 0.3) is 0 Å². The van der Waals surface area contributed by atoms with Crippen molar-refractivity contribution in [3.63, 3.8) is 0 Å². The topological polar surface area (TPSA) is 46.5 Å². The van der Waals surface area contributed by atoms with Gasteiger partial charge in [0.05, 0.1) is 12.0 Å². The molecule has 1 aromatic rings. The van der Waals surface area contributed by atoms with E-state index in [-0.39, 0.29) is 17.6 Å². The van der Waals surface area contributed by atoms with Crippen molar-refractivity contribution in [3.05, 3.63) is 34.4 Å². The van der Waals surface area contributed by atoms with E-state index in [9.17, 15) is 9.90 Å². The molecule has 132 valence electrons. The maximum Gasteiger partial charge on any atom is 0.143 e. The zero-order valence-electron chi connectivity index (χ0n) is 15.2. The number of ether oxygens (including phenoxy) is 1. The average molecular weight is 330 g/mol. The number of aliphatic hydroxyl groups is 1. The number of hydrogen-bond donors (Lipinski definition) is 1. The largest absolute Gasteiger partial charge is 0.392 e. The quantitative estimate of drug-likeness (QED) is 0.915. The zero-order chi connectivity index (χ0) is 17.3. The van der Waals surface area contributed by atoms with Crippen molar-refractivity contribution < 1.29 is 14.6 Å². The first kappa shape index (κ1) is 17.6. The van der Waals surface area contributed by atoms with Crippen molar-refractivity contribution in [2.24, 2.45) is 11.8 Å². The summed E-state index contributed by atoms with van der Waals surface area (Å²) in [7, 11) is 0. The predicted octanol–water partition coefficient (Wildman–Crippen LogP) is 3.72. The molecule has 0 aromatic heterocycles. The van der Waals surface area contributed by atoms with Crippen molar-refractivity contribution in [1.82, 2.24) is 0 Å². The van der Waals surface area contributed by atoms with Gasteiger partial charge in [-0.05, 0) is 68.1 Å². The van der Waals surface area contributed by atoms with Crippen molar-refractivity contribution in [2.75, 3.05) is 13.2 Å². The summed E-state index contributed by atoms with van der Waals surface area (Å²) in [5.41, 5.74) is 4.69. The summed E-state index contributed by atoms with van der Waals surface area (Å²) in [5, 5.41) is 11.0. The van der Waals surface area contributed by atoms with Crippen LogP contribution in [0.15, 0.2) is 12.1 Å². The van der Waals surface area contributed by atoms with Crippen LogP contribution >= 0.6 is 0 Å². The Kier molecular flexibility index (Phi) is 5.41. The van der Waals surface area contributed by atoms with E-state index in [2.05, 4.69) is 32.9 Å². The molecule has 1 N–H and O–H groups in total. The highest BCUT2D eigenvalue weighted by Gasteiger charge is 2.44. The molecule has 1 saturated heterocycles. The van der Waals surface area contributed by atoms with Crippen LogP contribution in [0.5, 0.6) is 0 Å². The molecule has 3 rings (SSSR count). The molecular formula is C21H30O3. The number of aryl methyl sites for hydroxylation is 3. The third-order valence-electron chi connectivity index (χ3n) is 5.92. The number of carbonyl (C=O) groups excluding carboxylic acids is 1. The van der Waals surface area contributed by atoms with Crippen LogP contribution in [0.1, 0.15) is 60.8 Å². The van der Waals surface area contributed by atoms with Gasteiger partial charge in [-0.15, -0.1) is 0 Å². The van der Waals surface area contributed by atoms with Crippen molar-refractivity contribution in [2.45, 2.75) is 64.9 Å². The molecule has 3 heteroatoms. The SMILES string of the molecule is CCc1cc(C)cc(C)c1C1C(=O)CC(CC2CCOCC2)C1O. The minimum absolute atomic E-state index is 0.107. The minimum atomic E-state index is -0.535. The van der Waals surface area contributed by atoms with Gasteiger partial charge in [-0.1, -0.05) is 24.6 Å². The Hall–Kier alpha value is -1.19. The second-order valence-electron chi connectivity index (χ2n) is 7.70. The normalized spacial score (nSPS) is 28.5. The lowest BCUT2D eigenvalue weighted by molar-refractivity contribution is -0.119. The fraction of sp³-hybridized carbons (Fsp3) is 0.667. The van der Waals surface area contributed by atoms with E-state index in [4.69, 9.17) is 4.74 Å². The lowest BCUT2D eigenvalue weighted by Crippen LogP contribution is -2.26. The molecule has 0 amide bonds. The van der Waals surface area contributed by atoms with Crippen LogP contribution in [0.4, 0.5) is 0 Å². The Morgan fingerprint density at radius 2 is 1.92 bits per heavy atom. The first-order chi connectivity index (χ1) is 11.5. The van der Waals surface area contributed by atoms with Gasteiger partial charge in [-0.2, -0.15) is 0 Å². The van der Waals surface area contributed by atoms with Gasteiger partial charge in [0.1, 0.15) is 5.78 Å². The maximum absolute atomic E-state index is 12.8. The van der Waals surface area contributed by atoms with Crippen LogP contribution in [-0.4, -0.2) is 30.2 Å². The first-order valence-corrected chi connectivity index (χ1v) is 9.39. The lowest BCUT2D eigenvalue weighted by Gasteiger charge is -2.27. The summed E-state index contributed by atoms with van der Waals surface area (Å²) in [6.07, 6.45) is 3.97. The standard InChI is InChI=1S/C21H30O3/c1-4-16-10-13(2)9-14(3)19(16)20-18(22)12-17(21(20)23)11-15-5-7-24-8-6-15/h9-10,15,17,20-21,23H,4-8,11-12H2,1-3H3. The molecule has 24 heavy (non-hydrogen) atoms. The van der Waals surface area contributed by atoms with Crippen molar-refractivity contribution in [3.8, 4) is 0 Å². The Morgan fingerprint density at radius 1 is 1.21 bits per heavy atom. The van der Waals surface area contributed by atoms with Gasteiger partial charge in [0, 0.05) is 19.6 Å². The molecule has 3 atom stereocenters. The highest BCUT2D eigenvalue weighted by Crippen LogP contribution is 2.42. The van der Waals surface area contributed by atoms with Crippen LogP contribution < -0.4 is 0 Å². The average Bonchev–Trinajstić information content (AvgIpc) is 2.82. The Bertz CT molecular complexity index is 601. The van der Waals surface area contributed by atoms with Gasteiger partial charge in [0.2, 0.25) is 0 Å². The van der Waals surface area contributed by atoms with E-state index in [1.54, 1.807) is 0 Å². The zero-order valence-corrected chi connectivity index (χ0v) is 15.2. The van der Waals surface area contributed by atoms with Crippen molar-refractivity contribution in [1.29, 1.82) is 0 Å². The summed E-state index contributed by atoms with van der Waals surface area (Å²) in [4.78, 5) is 12.8. The van der Waals surface area contributed by atoms with Crippen LogP contribution in [0.2, 0.25) is 0 Å². The summed E-state index contributed by atoms with van der Waals surface area (Å²) in [6, 6.07) is 4.31. The van der Waals surface area contributed by atoms with E-state index >= 15 is 0 Å². The molecule has 1 aromatic carbocycles. The summed E-state index contributed by atoms with van der Waals surface area (Å²) >= 11 is 0. The number of Topliss-reactive ketones (excluding diaryl/α,β-unsaturated/α-hetero) is 1. The van der Waals surface area contributed by atoms with Gasteiger partial charge in [-0.25, -0.2) is 0 Å². The molecule has 3 unspecified atom stereocenters. The van der Waals surface area contributed by atoms with Crippen molar-refractivity contribution >= 4 is 5.78 Å². The van der Waals surface area contributed by atoms with E-state index < -0.39 is 6.10 Å². The molecule has 1 saturated carbocycles. The van der Waals surface area contributed by atoms with Crippen LogP contribution in [-0.2, 0) is 16.0 Å². The maximum atomic E-state index is 12.8. The van der Waals surface area contributed by atoms with Gasteiger partial charge < -0.3 is 9.84 Å². The van der Waals surface area contributed by atoms with Crippen LogP contribution in [0, 0.1) is 25.7 Å². The highest BCUT2D eigenvalue weighted by atomic mass is 16.5. The van der Waals surface area contributed by atoms with E-state index in [1.165, 1.54) is 11.1 Å². The Morgan fingerprint density at radius 3 is 2.58 bits per heavy atom. The molecule has 1 heterocycles. The third-order valence-corrected chi connectivity index (χ3v) is 5.92. The van der Waals surface area contributed by atoms with Gasteiger partial charge >= 0.3 is 0 Å². The fourth-order valence-electron chi connectivity index (χ4n) is 4.74. The molecule has 0 radical (unpaired) electrons. The Balaban J connectivity index is 1.83. The highest BCUT2D eigenvalue weighted by molar-refractivity contribution is 5.90. The number of rotatable bonds is 4. The fourth-order valence-corrected chi connectivity index (χ4v) is 4.74. The molecule has 1 aliphatic carbocycles.